The van der Waals surface area contributed by atoms with Crippen LogP contribution in [-0.4, -0.2) is 18.2 Å². The maximum Gasteiger partial charge on any atom is 0.145 e. The van der Waals surface area contributed by atoms with Crippen LogP contribution in [0.15, 0.2) is 60.8 Å². The maximum absolute atomic E-state index is 12.8. The lowest BCUT2D eigenvalue weighted by Gasteiger charge is -2.09. The molecule has 4 heteroatoms. The van der Waals surface area contributed by atoms with Gasteiger partial charge in [-0.05, 0) is 36.4 Å². The smallest absolute Gasteiger partial charge is 0.145 e. The van der Waals surface area contributed by atoms with Crippen LogP contribution in [0, 0.1) is 5.82 Å². The van der Waals surface area contributed by atoms with E-state index in [1.807, 2.05) is 30.3 Å². The fourth-order valence-electron chi connectivity index (χ4n) is 2.15. The van der Waals surface area contributed by atoms with Crippen molar-refractivity contribution in [3.05, 3.63) is 66.6 Å². The summed E-state index contributed by atoms with van der Waals surface area (Å²) in [7, 11) is 0. The molecule has 1 aromatic heterocycles. The van der Waals surface area contributed by atoms with Crippen LogP contribution in [0.4, 0.5) is 4.39 Å². The number of halogens is 1. The van der Waals surface area contributed by atoms with Crippen molar-refractivity contribution in [3.8, 4) is 11.5 Å². The summed E-state index contributed by atoms with van der Waals surface area (Å²) >= 11 is 0. The van der Waals surface area contributed by atoms with Crippen molar-refractivity contribution in [2.75, 3.05) is 13.2 Å². The van der Waals surface area contributed by atoms with Crippen molar-refractivity contribution < 1.29 is 13.9 Å². The van der Waals surface area contributed by atoms with E-state index in [-0.39, 0.29) is 5.82 Å². The van der Waals surface area contributed by atoms with Crippen molar-refractivity contribution in [2.24, 2.45) is 0 Å². The average Bonchev–Trinajstić information content (AvgIpc) is 2.56. The van der Waals surface area contributed by atoms with Crippen LogP contribution in [0.3, 0.4) is 0 Å². The van der Waals surface area contributed by atoms with Crippen LogP contribution in [0.2, 0.25) is 0 Å². The number of aromatic nitrogens is 1. The second-order valence-corrected chi connectivity index (χ2v) is 4.84. The number of nitrogens with zero attached hydrogens (tertiary/aromatic N) is 1. The molecule has 0 unspecified atom stereocenters. The Kier molecular flexibility index (Phi) is 4.49. The molecule has 0 aliphatic heterocycles. The van der Waals surface area contributed by atoms with Crippen molar-refractivity contribution in [1.82, 2.24) is 4.98 Å². The van der Waals surface area contributed by atoms with Gasteiger partial charge in [-0.25, -0.2) is 4.39 Å². The zero-order valence-electron chi connectivity index (χ0n) is 12.0. The molecule has 0 fully saturated rings. The van der Waals surface area contributed by atoms with Crippen LogP contribution < -0.4 is 9.47 Å². The van der Waals surface area contributed by atoms with Crippen LogP contribution in [0.25, 0.3) is 10.9 Å². The Morgan fingerprint density at radius 3 is 2.50 bits per heavy atom. The standard InChI is InChI=1S/C18H16FNO2/c19-15-7-9-16(10-8-15)21-12-3-13-22-17-6-1-4-14-5-2-11-20-18(14)17/h1-2,4-11H,3,12-13H2. The first-order valence-corrected chi connectivity index (χ1v) is 7.18. The third-order valence-electron chi connectivity index (χ3n) is 3.22. The number of para-hydroxylation sites is 1. The monoisotopic (exact) mass is 297 g/mol. The van der Waals surface area contributed by atoms with E-state index in [1.54, 1.807) is 18.3 Å². The second kappa shape index (κ2) is 6.89. The molecule has 22 heavy (non-hydrogen) atoms. The Hall–Kier alpha value is -2.62. The number of hydrogen-bond acceptors (Lipinski definition) is 3. The topological polar surface area (TPSA) is 31.4 Å². The minimum atomic E-state index is -0.265. The molecule has 0 atom stereocenters. The number of fused-ring (bicyclic) bond motifs is 1. The molecule has 0 spiro atoms. The van der Waals surface area contributed by atoms with Crippen LogP contribution in [-0.2, 0) is 0 Å². The van der Waals surface area contributed by atoms with Gasteiger partial charge < -0.3 is 9.47 Å². The van der Waals surface area contributed by atoms with Crippen molar-refractivity contribution in [2.45, 2.75) is 6.42 Å². The van der Waals surface area contributed by atoms with E-state index in [4.69, 9.17) is 9.47 Å². The van der Waals surface area contributed by atoms with E-state index in [9.17, 15) is 4.39 Å². The van der Waals surface area contributed by atoms with E-state index >= 15 is 0 Å². The third kappa shape index (κ3) is 3.52. The summed E-state index contributed by atoms with van der Waals surface area (Å²) in [6.45, 7) is 1.06. The lowest BCUT2D eigenvalue weighted by atomic mass is 10.2. The highest BCUT2D eigenvalue weighted by Gasteiger charge is 2.02. The fourth-order valence-corrected chi connectivity index (χ4v) is 2.15. The van der Waals surface area contributed by atoms with Gasteiger partial charge in [0.25, 0.3) is 0 Å². The first-order valence-electron chi connectivity index (χ1n) is 7.18. The molecule has 2 aromatic carbocycles. The van der Waals surface area contributed by atoms with E-state index < -0.39 is 0 Å². The molecule has 1 heterocycles. The summed E-state index contributed by atoms with van der Waals surface area (Å²) in [5.41, 5.74) is 0.865. The van der Waals surface area contributed by atoms with Gasteiger partial charge in [0.1, 0.15) is 22.8 Å². The minimum Gasteiger partial charge on any atom is -0.493 e. The zero-order valence-corrected chi connectivity index (χ0v) is 12.0. The molecule has 0 N–H and O–H groups in total. The molecule has 112 valence electrons. The minimum absolute atomic E-state index is 0.265. The molecule has 0 radical (unpaired) electrons. The Morgan fingerprint density at radius 1 is 0.864 bits per heavy atom. The number of ether oxygens (including phenoxy) is 2. The van der Waals surface area contributed by atoms with E-state index in [2.05, 4.69) is 4.98 Å². The molecule has 3 rings (SSSR count). The second-order valence-electron chi connectivity index (χ2n) is 4.84. The lowest BCUT2D eigenvalue weighted by Crippen LogP contribution is -2.05. The first-order chi connectivity index (χ1) is 10.8. The average molecular weight is 297 g/mol. The number of rotatable bonds is 6. The van der Waals surface area contributed by atoms with Crippen LogP contribution in [0.1, 0.15) is 6.42 Å². The Bertz CT molecular complexity index is 738. The summed E-state index contributed by atoms with van der Waals surface area (Å²) in [4.78, 5) is 4.34. The predicted molar refractivity (Wildman–Crippen MR) is 83.8 cm³/mol. The molecule has 0 aliphatic rings. The van der Waals surface area contributed by atoms with E-state index in [0.29, 0.717) is 19.0 Å². The zero-order chi connectivity index (χ0) is 15.2. The van der Waals surface area contributed by atoms with Gasteiger partial charge in [0, 0.05) is 18.0 Å². The molecular weight excluding hydrogens is 281 g/mol. The van der Waals surface area contributed by atoms with E-state index in [1.165, 1.54) is 12.1 Å². The Morgan fingerprint density at radius 2 is 1.64 bits per heavy atom. The SMILES string of the molecule is Fc1ccc(OCCCOc2cccc3cccnc23)cc1. The summed E-state index contributed by atoms with van der Waals surface area (Å²) < 4.78 is 24.1. The largest absolute Gasteiger partial charge is 0.493 e. The van der Waals surface area contributed by atoms with E-state index in [0.717, 1.165) is 23.1 Å². The van der Waals surface area contributed by atoms with Gasteiger partial charge in [-0.2, -0.15) is 0 Å². The van der Waals surface area contributed by atoms with Gasteiger partial charge in [0.15, 0.2) is 0 Å². The van der Waals surface area contributed by atoms with Crippen molar-refractivity contribution in [1.29, 1.82) is 0 Å². The van der Waals surface area contributed by atoms with Crippen LogP contribution >= 0.6 is 0 Å². The summed E-state index contributed by atoms with van der Waals surface area (Å²) in [6, 6.07) is 15.8. The van der Waals surface area contributed by atoms with Crippen molar-refractivity contribution in [3.63, 3.8) is 0 Å². The molecule has 3 nitrogen and oxygen atoms in total. The number of benzene rings is 2. The summed E-state index contributed by atoms with van der Waals surface area (Å²) in [6.07, 6.45) is 2.49. The molecule has 0 bridgehead atoms. The van der Waals surface area contributed by atoms with Gasteiger partial charge in [0.05, 0.1) is 13.2 Å². The maximum atomic E-state index is 12.8. The van der Waals surface area contributed by atoms with Gasteiger partial charge in [-0.1, -0.05) is 18.2 Å². The molecular formula is C18H16FNO2. The molecule has 3 aromatic rings. The molecule has 0 saturated carbocycles. The van der Waals surface area contributed by atoms with Gasteiger partial charge in [-0.15, -0.1) is 0 Å². The molecule has 0 saturated heterocycles. The highest BCUT2D eigenvalue weighted by Crippen LogP contribution is 2.23. The van der Waals surface area contributed by atoms with Gasteiger partial charge in [0.2, 0.25) is 0 Å². The first kappa shape index (κ1) is 14.3. The normalized spacial score (nSPS) is 10.6. The number of hydrogen-bond donors (Lipinski definition) is 0. The molecule has 0 aliphatic carbocycles. The van der Waals surface area contributed by atoms with Crippen molar-refractivity contribution >= 4 is 10.9 Å². The molecule has 0 amide bonds. The Labute approximate surface area is 128 Å². The highest BCUT2D eigenvalue weighted by molar-refractivity contribution is 5.84. The fraction of sp³-hybridized carbons (Fsp3) is 0.167. The predicted octanol–water partition coefficient (Wildman–Crippen LogP) is 4.22. The third-order valence-corrected chi connectivity index (χ3v) is 3.22. The quantitative estimate of drug-likeness (QED) is 0.638. The highest BCUT2D eigenvalue weighted by atomic mass is 19.1. The Balaban J connectivity index is 1.49. The number of pyridine rings is 1. The van der Waals surface area contributed by atoms with Gasteiger partial charge in [-0.3, -0.25) is 4.98 Å². The van der Waals surface area contributed by atoms with Crippen LogP contribution in [0.5, 0.6) is 11.5 Å². The lowest BCUT2D eigenvalue weighted by molar-refractivity contribution is 0.248. The summed E-state index contributed by atoms with van der Waals surface area (Å²) in [5, 5.41) is 1.06. The summed E-state index contributed by atoms with van der Waals surface area (Å²) in [5.74, 6) is 1.17. The van der Waals surface area contributed by atoms with Gasteiger partial charge >= 0.3 is 0 Å².